The molecule has 0 spiro atoms. The number of halogens is 1. The number of anilines is 1. The van der Waals surface area contributed by atoms with E-state index >= 15 is 0 Å². The number of carbonyl (C=O) groups excluding carboxylic acids is 1. The standard InChI is InChI=1S/C16H21FN2O3S/c17-13-3-5-14(6-4-13)18-15-9-19(10-15)16(20)8-12-2-1-7-23(21,22)11-12/h3-6,12,15,18H,1-2,7-11H2/t12-/m1/s1. The van der Waals surface area contributed by atoms with Gasteiger partial charge in [0.05, 0.1) is 17.5 Å². The summed E-state index contributed by atoms with van der Waals surface area (Å²) in [5, 5.41) is 3.25. The molecule has 23 heavy (non-hydrogen) atoms. The van der Waals surface area contributed by atoms with Crippen LogP contribution in [0.15, 0.2) is 24.3 Å². The predicted molar refractivity (Wildman–Crippen MR) is 86.4 cm³/mol. The first-order valence-electron chi connectivity index (χ1n) is 7.91. The van der Waals surface area contributed by atoms with E-state index in [1.807, 2.05) is 0 Å². The van der Waals surface area contributed by atoms with E-state index in [9.17, 15) is 17.6 Å². The van der Waals surface area contributed by atoms with Crippen LogP contribution in [0.3, 0.4) is 0 Å². The van der Waals surface area contributed by atoms with Gasteiger partial charge in [-0.05, 0) is 43.0 Å². The van der Waals surface area contributed by atoms with Crippen LogP contribution in [0.5, 0.6) is 0 Å². The third-order valence-electron chi connectivity index (χ3n) is 4.47. The maximum Gasteiger partial charge on any atom is 0.223 e. The minimum Gasteiger partial charge on any atom is -0.379 e. The second-order valence-electron chi connectivity index (χ2n) is 6.47. The highest BCUT2D eigenvalue weighted by Gasteiger charge is 2.33. The molecule has 5 nitrogen and oxygen atoms in total. The fourth-order valence-corrected chi connectivity index (χ4v) is 4.99. The lowest BCUT2D eigenvalue weighted by molar-refractivity contribution is -0.136. The summed E-state index contributed by atoms with van der Waals surface area (Å²) in [7, 11) is -2.96. The highest BCUT2D eigenvalue weighted by atomic mass is 32.2. The Morgan fingerprint density at radius 3 is 2.61 bits per heavy atom. The highest BCUT2D eigenvalue weighted by Crippen LogP contribution is 2.24. The third kappa shape index (κ3) is 4.22. The first-order valence-corrected chi connectivity index (χ1v) is 9.74. The van der Waals surface area contributed by atoms with Gasteiger partial charge >= 0.3 is 0 Å². The molecular weight excluding hydrogens is 319 g/mol. The number of benzene rings is 1. The Bertz CT molecular complexity index is 669. The zero-order valence-electron chi connectivity index (χ0n) is 12.9. The topological polar surface area (TPSA) is 66.5 Å². The molecule has 0 bridgehead atoms. The molecule has 2 aliphatic rings. The Morgan fingerprint density at radius 1 is 1.26 bits per heavy atom. The molecule has 1 aromatic carbocycles. The summed E-state index contributed by atoms with van der Waals surface area (Å²) < 4.78 is 36.1. The molecule has 3 rings (SSSR count). The quantitative estimate of drug-likeness (QED) is 0.905. The molecule has 2 heterocycles. The van der Waals surface area contributed by atoms with E-state index in [1.165, 1.54) is 12.1 Å². The Hall–Kier alpha value is -1.63. The average molecular weight is 340 g/mol. The van der Waals surface area contributed by atoms with E-state index in [1.54, 1.807) is 17.0 Å². The number of sulfone groups is 1. The van der Waals surface area contributed by atoms with Gasteiger partial charge in [0, 0.05) is 25.2 Å². The zero-order valence-corrected chi connectivity index (χ0v) is 13.7. The molecule has 1 amide bonds. The minimum atomic E-state index is -2.96. The number of carbonyl (C=O) groups is 1. The molecule has 1 atom stereocenters. The van der Waals surface area contributed by atoms with Gasteiger partial charge in [-0.15, -0.1) is 0 Å². The van der Waals surface area contributed by atoms with Gasteiger partial charge in [-0.3, -0.25) is 4.79 Å². The molecule has 2 saturated heterocycles. The van der Waals surface area contributed by atoms with Crippen LogP contribution >= 0.6 is 0 Å². The third-order valence-corrected chi connectivity index (χ3v) is 6.36. The molecule has 0 saturated carbocycles. The van der Waals surface area contributed by atoms with Crippen LogP contribution in [0.4, 0.5) is 10.1 Å². The van der Waals surface area contributed by atoms with Crippen LogP contribution in [0, 0.1) is 11.7 Å². The van der Waals surface area contributed by atoms with Crippen LogP contribution in [-0.4, -0.2) is 49.9 Å². The van der Waals surface area contributed by atoms with Crippen LogP contribution in [0.1, 0.15) is 19.3 Å². The Balaban J connectivity index is 1.44. The van der Waals surface area contributed by atoms with Crippen molar-refractivity contribution in [1.82, 2.24) is 4.90 Å². The second kappa shape index (κ2) is 6.47. The van der Waals surface area contributed by atoms with E-state index in [-0.39, 0.29) is 35.2 Å². The number of rotatable bonds is 4. The molecule has 1 N–H and O–H groups in total. The fourth-order valence-electron chi connectivity index (χ4n) is 3.21. The maximum atomic E-state index is 12.8. The van der Waals surface area contributed by atoms with Gasteiger partial charge in [0.2, 0.25) is 5.91 Å². The summed E-state index contributed by atoms with van der Waals surface area (Å²) in [4.78, 5) is 14.0. The largest absolute Gasteiger partial charge is 0.379 e. The summed E-state index contributed by atoms with van der Waals surface area (Å²) in [6.07, 6.45) is 1.80. The molecule has 1 aromatic rings. The molecule has 0 aromatic heterocycles. The van der Waals surface area contributed by atoms with E-state index in [0.717, 1.165) is 12.1 Å². The summed E-state index contributed by atoms with van der Waals surface area (Å²) in [5.74, 6) is 0.118. The number of hydrogen-bond acceptors (Lipinski definition) is 4. The summed E-state index contributed by atoms with van der Waals surface area (Å²) in [6, 6.07) is 6.31. The van der Waals surface area contributed by atoms with Crippen LogP contribution in [0.2, 0.25) is 0 Å². The van der Waals surface area contributed by atoms with Gasteiger partial charge in [-0.1, -0.05) is 0 Å². The van der Waals surface area contributed by atoms with E-state index in [0.29, 0.717) is 25.9 Å². The molecule has 0 aliphatic carbocycles. The first-order chi connectivity index (χ1) is 10.9. The Morgan fingerprint density at radius 2 is 1.96 bits per heavy atom. The second-order valence-corrected chi connectivity index (χ2v) is 8.70. The molecule has 2 aliphatic heterocycles. The van der Waals surface area contributed by atoms with Crippen molar-refractivity contribution in [3.63, 3.8) is 0 Å². The lowest BCUT2D eigenvalue weighted by atomic mass is 9.99. The van der Waals surface area contributed by atoms with Crippen molar-refractivity contribution in [2.45, 2.75) is 25.3 Å². The van der Waals surface area contributed by atoms with Gasteiger partial charge in [0.1, 0.15) is 5.82 Å². The van der Waals surface area contributed by atoms with Gasteiger partial charge in [-0.25, -0.2) is 12.8 Å². The Kier molecular flexibility index (Phi) is 4.57. The van der Waals surface area contributed by atoms with Crippen LogP contribution in [-0.2, 0) is 14.6 Å². The lowest BCUT2D eigenvalue weighted by Gasteiger charge is -2.41. The van der Waals surface area contributed by atoms with Crippen LogP contribution in [0.25, 0.3) is 0 Å². The average Bonchev–Trinajstić information content (AvgIpc) is 2.43. The van der Waals surface area contributed by atoms with Crippen LogP contribution < -0.4 is 5.32 Å². The maximum absolute atomic E-state index is 12.8. The summed E-state index contributed by atoms with van der Waals surface area (Å²) >= 11 is 0. The van der Waals surface area contributed by atoms with Crippen molar-refractivity contribution in [1.29, 1.82) is 0 Å². The lowest BCUT2D eigenvalue weighted by Crippen LogP contribution is -2.57. The molecule has 7 heteroatoms. The predicted octanol–water partition coefficient (Wildman–Crippen LogP) is 1.66. The number of likely N-dealkylation sites (tertiary alicyclic amines) is 1. The SMILES string of the molecule is O=C(C[C@H]1CCCS(=O)(=O)C1)N1CC(Nc2ccc(F)cc2)C1. The van der Waals surface area contributed by atoms with E-state index < -0.39 is 9.84 Å². The van der Waals surface area contributed by atoms with Crippen molar-refractivity contribution in [3.05, 3.63) is 30.1 Å². The van der Waals surface area contributed by atoms with Gasteiger partial charge in [0.25, 0.3) is 0 Å². The van der Waals surface area contributed by atoms with Gasteiger partial charge in [0.15, 0.2) is 9.84 Å². The smallest absolute Gasteiger partial charge is 0.223 e. The van der Waals surface area contributed by atoms with E-state index in [4.69, 9.17) is 0 Å². The van der Waals surface area contributed by atoms with Gasteiger partial charge < -0.3 is 10.2 Å². The van der Waals surface area contributed by atoms with E-state index in [2.05, 4.69) is 5.32 Å². The number of hydrogen-bond donors (Lipinski definition) is 1. The van der Waals surface area contributed by atoms with Crippen molar-refractivity contribution >= 4 is 21.4 Å². The molecular formula is C16H21FN2O3S. The van der Waals surface area contributed by atoms with Crippen molar-refractivity contribution in [2.24, 2.45) is 5.92 Å². The van der Waals surface area contributed by atoms with Gasteiger partial charge in [-0.2, -0.15) is 0 Å². The monoisotopic (exact) mass is 340 g/mol. The zero-order chi connectivity index (χ0) is 16.4. The minimum absolute atomic E-state index is 0.0317. The van der Waals surface area contributed by atoms with Crippen molar-refractivity contribution in [3.8, 4) is 0 Å². The number of nitrogens with zero attached hydrogens (tertiary/aromatic N) is 1. The Labute approximate surface area is 135 Å². The summed E-state index contributed by atoms with van der Waals surface area (Å²) in [5.41, 5.74) is 0.835. The first kappa shape index (κ1) is 16.2. The number of nitrogens with one attached hydrogen (secondary N) is 1. The number of amides is 1. The molecule has 0 unspecified atom stereocenters. The summed E-state index contributed by atoms with van der Waals surface area (Å²) in [6.45, 7) is 1.21. The normalized spacial score (nSPS) is 24.0. The van der Waals surface area contributed by atoms with Crippen molar-refractivity contribution in [2.75, 3.05) is 29.9 Å². The fraction of sp³-hybridized carbons (Fsp3) is 0.562. The molecule has 2 fully saturated rings. The molecule has 0 radical (unpaired) electrons. The molecule has 126 valence electrons. The van der Waals surface area contributed by atoms with Crippen molar-refractivity contribution < 1.29 is 17.6 Å². The highest BCUT2D eigenvalue weighted by molar-refractivity contribution is 7.91.